The van der Waals surface area contributed by atoms with E-state index in [2.05, 4.69) is 14.8 Å². The number of hydrogen-bond acceptors (Lipinski definition) is 4. The van der Waals surface area contributed by atoms with E-state index in [0.29, 0.717) is 17.1 Å². The van der Waals surface area contributed by atoms with Gasteiger partial charge in [0.05, 0.1) is 19.9 Å². The van der Waals surface area contributed by atoms with Gasteiger partial charge in [-0.25, -0.2) is 6.57 Å². The third-order valence-electron chi connectivity index (χ3n) is 1.77. The van der Waals surface area contributed by atoms with Crippen molar-refractivity contribution in [3.8, 4) is 11.9 Å². The van der Waals surface area contributed by atoms with Crippen LogP contribution in [0.4, 0.5) is 0 Å². The molecule has 5 heteroatoms. The van der Waals surface area contributed by atoms with Crippen LogP contribution in [0.3, 0.4) is 0 Å². The molecule has 0 aliphatic carbocycles. The van der Waals surface area contributed by atoms with E-state index in [1.54, 1.807) is 6.92 Å². The van der Waals surface area contributed by atoms with Crippen LogP contribution in [-0.2, 0) is 6.54 Å². The maximum Gasteiger partial charge on any atom is 0.319 e. The van der Waals surface area contributed by atoms with Gasteiger partial charge >= 0.3 is 6.01 Å². The smallest absolute Gasteiger partial charge is 0.319 e. The summed E-state index contributed by atoms with van der Waals surface area (Å²) < 4.78 is 9.94. The Morgan fingerprint density at radius 3 is 2.50 bits per heavy atom. The maximum absolute atomic E-state index is 6.79. The van der Waals surface area contributed by atoms with Gasteiger partial charge < -0.3 is 14.3 Å². The highest BCUT2D eigenvalue weighted by atomic mass is 16.5. The van der Waals surface area contributed by atoms with Gasteiger partial charge in [-0.15, -0.1) is 0 Å². The Hall–Kier alpha value is -1.83. The molecule has 0 atom stereocenters. The summed E-state index contributed by atoms with van der Waals surface area (Å²) in [7, 11) is 3.00. The maximum atomic E-state index is 6.79. The van der Waals surface area contributed by atoms with Crippen LogP contribution in [0.1, 0.15) is 11.3 Å². The summed E-state index contributed by atoms with van der Waals surface area (Å²) in [5, 5.41) is 0. The number of aromatic nitrogens is 2. The van der Waals surface area contributed by atoms with E-state index in [9.17, 15) is 0 Å². The normalized spacial score (nSPS) is 9.29. The molecule has 0 unspecified atom stereocenters. The predicted molar refractivity (Wildman–Crippen MR) is 50.2 cm³/mol. The SMILES string of the molecule is [C-]#[N+]Cc1c(C)nc(OC)nc1OC. The minimum atomic E-state index is 0.221. The molecule has 74 valence electrons. The Bertz CT molecular complexity index is 371. The number of methoxy groups -OCH3 is 2. The molecule has 1 rings (SSSR count). The molecule has 0 bridgehead atoms. The molecule has 0 saturated carbocycles. The van der Waals surface area contributed by atoms with E-state index in [1.165, 1.54) is 14.2 Å². The van der Waals surface area contributed by atoms with Crippen LogP contribution in [0.2, 0.25) is 0 Å². The van der Waals surface area contributed by atoms with Gasteiger partial charge in [0.15, 0.2) is 0 Å². The molecule has 1 aromatic rings. The molecular formula is C9H11N3O2. The Morgan fingerprint density at radius 2 is 2.00 bits per heavy atom. The molecule has 0 saturated heterocycles. The first-order valence-corrected chi connectivity index (χ1v) is 4.01. The molecule has 0 spiro atoms. The Balaban J connectivity index is 3.21. The van der Waals surface area contributed by atoms with E-state index in [0.717, 1.165) is 0 Å². The number of nitrogens with zero attached hydrogens (tertiary/aromatic N) is 3. The van der Waals surface area contributed by atoms with Crippen LogP contribution < -0.4 is 9.47 Å². The fourth-order valence-corrected chi connectivity index (χ4v) is 1.07. The minimum Gasteiger partial charge on any atom is -0.480 e. The first kappa shape index (κ1) is 10.3. The van der Waals surface area contributed by atoms with Gasteiger partial charge in [-0.2, -0.15) is 9.97 Å². The number of ether oxygens (including phenoxy) is 2. The summed E-state index contributed by atoms with van der Waals surface area (Å²) in [4.78, 5) is 11.3. The van der Waals surface area contributed by atoms with Crippen LogP contribution in [0.25, 0.3) is 4.85 Å². The van der Waals surface area contributed by atoms with Crippen molar-refractivity contribution in [2.75, 3.05) is 14.2 Å². The van der Waals surface area contributed by atoms with Crippen molar-refractivity contribution in [3.05, 3.63) is 22.7 Å². The van der Waals surface area contributed by atoms with Crippen LogP contribution >= 0.6 is 0 Å². The summed E-state index contributed by atoms with van der Waals surface area (Å²) in [5.41, 5.74) is 1.42. The van der Waals surface area contributed by atoms with E-state index in [1.807, 2.05) is 0 Å². The molecule has 0 aromatic carbocycles. The summed E-state index contributed by atoms with van der Waals surface area (Å²) in [6, 6.07) is 0.257. The molecule has 0 N–H and O–H groups in total. The van der Waals surface area contributed by atoms with Crippen molar-refractivity contribution in [3.63, 3.8) is 0 Å². The van der Waals surface area contributed by atoms with Gasteiger partial charge in [-0.05, 0) is 6.92 Å². The topological polar surface area (TPSA) is 48.6 Å². The minimum absolute atomic E-state index is 0.221. The molecule has 0 amide bonds. The van der Waals surface area contributed by atoms with E-state index in [4.69, 9.17) is 16.0 Å². The van der Waals surface area contributed by atoms with Crippen LogP contribution in [0.15, 0.2) is 0 Å². The lowest BCUT2D eigenvalue weighted by atomic mass is 10.2. The van der Waals surface area contributed by atoms with Crippen molar-refractivity contribution in [2.45, 2.75) is 13.5 Å². The average molecular weight is 193 g/mol. The second-order valence-corrected chi connectivity index (χ2v) is 2.60. The van der Waals surface area contributed by atoms with E-state index < -0.39 is 0 Å². The zero-order valence-electron chi connectivity index (χ0n) is 8.37. The molecule has 0 fully saturated rings. The third-order valence-corrected chi connectivity index (χ3v) is 1.77. The molecule has 5 nitrogen and oxygen atoms in total. The standard InChI is InChI=1S/C9H11N3O2/c1-6-7(5-10-2)8(13-3)12-9(11-6)14-4/h5H2,1,3-4H3. The summed E-state index contributed by atoms with van der Waals surface area (Å²) in [6.07, 6.45) is 0. The van der Waals surface area contributed by atoms with Crippen LogP contribution in [-0.4, -0.2) is 24.2 Å². The summed E-state index contributed by atoms with van der Waals surface area (Å²) in [5.74, 6) is 0.408. The second kappa shape index (κ2) is 4.42. The van der Waals surface area contributed by atoms with Crippen LogP contribution in [0, 0.1) is 13.5 Å². The second-order valence-electron chi connectivity index (χ2n) is 2.60. The van der Waals surface area contributed by atoms with Crippen molar-refractivity contribution in [2.24, 2.45) is 0 Å². The molecule has 1 aromatic heterocycles. The summed E-state index contributed by atoms with van der Waals surface area (Å²) >= 11 is 0. The molecule has 0 aliphatic heterocycles. The zero-order chi connectivity index (χ0) is 10.6. The van der Waals surface area contributed by atoms with Gasteiger partial charge in [-0.1, -0.05) is 0 Å². The fraction of sp³-hybridized carbons (Fsp3) is 0.444. The Labute approximate surface area is 82.5 Å². The van der Waals surface area contributed by atoms with Gasteiger partial charge in [0, 0.05) is 0 Å². The lowest BCUT2D eigenvalue weighted by molar-refractivity contribution is 0.348. The quantitative estimate of drug-likeness (QED) is 0.677. The molecule has 0 aliphatic rings. The van der Waals surface area contributed by atoms with Crippen molar-refractivity contribution < 1.29 is 9.47 Å². The first-order chi connectivity index (χ1) is 6.72. The predicted octanol–water partition coefficient (Wildman–Crippen LogP) is 1.22. The highest BCUT2D eigenvalue weighted by Gasteiger charge is 2.14. The lowest BCUT2D eigenvalue weighted by Gasteiger charge is -2.06. The largest absolute Gasteiger partial charge is 0.480 e. The van der Waals surface area contributed by atoms with Crippen molar-refractivity contribution >= 4 is 0 Å². The van der Waals surface area contributed by atoms with Gasteiger partial charge in [0.1, 0.15) is 5.56 Å². The third kappa shape index (κ3) is 1.91. The van der Waals surface area contributed by atoms with Gasteiger partial charge in [0.25, 0.3) is 0 Å². The highest BCUT2D eigenvalue weighted by Crippen LogP contribution is 2.21. The Morgan fingerprint density at radius 1 is 1.29 bits per heavy atom. The van der Waals surface area contributed by atoms with Gasteiger partial charge in [0.2, 0.25) is 12.4 Å². The van der Waals surface area contributed by atoms with Crippen molar-refractivity contribution in [1.82, 2.24) is 9.97 Å². The van der Waals surface area contributed by atoms with Crippen LogP contribution in [0.5, 0.6) is 11.9 Å². The number of aryl methyl sites for hydroxylation is 1. The molecule has 0 radical (unpaired) electrons. The first-order valence-electron chi connectivity index (χ1n) is 4.01. The van der Waals surface area contributed by atoms with Crippen molar-refractivity contribution in [1.29, 1.82) is 0 Å². The van der Waals surface area contributed by atoms with Gasteiger partial charge in [-0.3, -0.25) is 0 Å². The molecular weight excluding hydrogens is 182 g/mol. The van der Waals surface area contributed by atoms with E-state index >= 15 is 0 Å². The lowest BCUT2D eigenvalue weighted by Crippen LogP contribution is -2.02. The fourth-order valence-electron chi connectivity index (χ4n) is 1.07. The van der Waals surface area contributed by atoms with E-state index in [-0.39, 0.29) is 12.6 Å². The number of rotatable bonds is 3. The summed E-state index contributed by atoms with van der Waals surface area (Å²) in [6.45, 7) is 8.81. The monoisotopic (exact) mass is 193 g/mol. The highest BCUT2D eigenvalue weighted by molar-refractivity contribution is 5.32. The number of hydrogen-bond donors (Lipinski definition) is 0. The molecule has 14 heavy (non-hydrogen) atoms. The zero-order valence-corrected chi connectivity index (χ0v) is 8.37. The molecule has 1 heterocycles. The average Bonchev–Trinajstić information content (AvgIpc) is 2.20. The Kier molecular flexibility index (Phi) is 3.24.